The van der Waals surface area contributed by atoms with Crippen molar-refractivity contribution in [1.82, 2.24) is 4.90 Å². The lowest BCUT2D eigenvalue weighted by atomic mass is 9.86. The molecule has 14 heavy (non-hydrogen) atoms. The molecule has 1 amide bonds. The molecule has 82 valence electrons. The molecule has 2 nitrogen and oxygen atoms in total. The zero-order chi connectivity index (χ0) is 10.9. The van der Waals surface area contributed by atoms with Crippen molar-refractivity contribution in [3.8, 4) is 0 Å². The maximum atomic E-state index is 11.9. The molecule has 0 saturated carbocycles. The first kappa shape index (κ1) is 12.0. The summed E-state index contributed by atoms with van der Waals surface area (Å²) in [6.07, 6.45) is 2.09. The van der Waals surface area contributed by atoms with Crippen LogP contribution in [0, 0.1) is 5.41 Å². The largest absolute Gasteiger partial charge is 0.339 e. The topological polar surface area (TPSA) is 20.3 Å². The van der Waals surface area contributed by atoms with E-state index >= 15 is 0 Å². The van der Waals surface area contributed by atoms with Crippen LogP contribution in [-0.4, -0.2) is 28.2 Å². The van der Waals surface area contributed by atoms with E-state index in [1.807, 2.05) is 4.90 Å². The lowest BCUT2D eigenvalue weighted by Crippen LogP contribution is -2.51. The predicted octanol–water partition coefficient (Wildman–Crippen LogP) is 2.81. The van der Waals surface area contributed by atoms with Crippen LogP contribution in [0.15, 0.2) is 0 Å². The van der Waals surface area contributed by atoms with Crippen LogP contribution in [0.1, 0.15) is 40.5 Å². The van der Waals surface area contributed by atoms with Crippen molar-refractivity contribution in [2.75, 3.05) is 6.54 Å². The summed E-state index contributed by atoms with van der Waals surface area (Å²) >= 11 is 3.44. The highest BCUT2D eigenvalue weighted by Gasteiger charge is 2.34. The molecular weight excluding hydrogens is 242 g/mol. The third kappa shape index (κ3) is 2.50. The van der Waals surface area contributed by atoms with Crippen LogP contribution < -0.4 is 0 Å². The molecule has 1 saturated heterocycles. The van der Waals surface area contributed by atoms with Gasteiger partial charge in [0.15, 0.2) is 0 Å². The minimum atomic E-state index is 0.0426. The fraction of sp³-hybridized carbons (Fsp3) is 0.909. The molecule has 1 rings (SSSR count). The minimum absolute atomic E-state index is 0.0426. The fourth-order valence-electron chi connectivity index (χ4n) is 1.71. The van der Waals surface area contributed by atoms with Gasteiger partial charge in [-0.25, -0.2) is 0 Å². The fourth-order valence-corrected chi connectivity index (χ4v) is 2.29. The van der Waals surface area contributed by atoms with Crippen LogP contribution in [-0.2, 0) is 4.79 Å². The first-order chi connectivity index (χ1) is 6.34. The van der Waals surface area contributed by atoms with E-state index in [2.05, 4.69) is 43.6 Å². The average Bonchev–Trinajstić information content (AvgIpc) is 2.07. The number of nitrogens with zero attached hydrogens (tertiary/aromatic N) is 1. The molecule has 0 aromatic carbocycles. The second kappa shape index (κ2) is 4.21. The third-order valence-electron chi connectivity index (χ3n) is 3.13. The Morgan fingerprint density at radius 3 is 2.57 bits per heavy atom. The van der Waals surface area contributed by atoms with Gasteiger partial charge in [0.1, 0.15) is 0 Å². The van der Waals surface area contributed by atoms with Crippen LogP contribution in [0.4, 0.5) is 0 Å². The molecular formula is C11H20BrNO. The van der Waals surface area contributed by atoms with E-state index in [-0.39, 0.29) is 16.1 Å². The molecule has 1 aliphatic heterocycles. The van der Waals surface area contributed by atoms with Crippen molar-refractivity contribution >= 4 is 21.8 Å². The van der Waals surface area contributed by atoms with E-state index < -0.39 is 0 Å². The van der Waals surface area contributed by atoms with Gasteiger partial charge in [-0.05, 0) is 25.2 Å². The highest BCUT2D eigenvalue weighted by Crippen LogP contribution is 2.28. The Bertz CT molecular complexity index is 222. The normalized spacial score (nSPS) is 26.5. The van der Waals surface area contributed by atoms with E-state index in [0.717, 1.165) is 19.4 Å². The molecule has 0 aromatic heterocycles. The van der Waals surface area contributed by atoms with Gasteiger partial charge in [-0.15, -0.1) is 0 Å². The van der Waals surface area contributed by atoms with Crippen LogP contribution in [0.5, 0.6) is 0 Å². The standard InChI is InChI=1S/C11H20BrNO/c1-8(11(2,3)4)13-7-5-6-9(12)10(13)14/h8-9H,5-7H2,1-4H3. The maximum absolute atomic E-state index is 11.9. The number of carbonyl (C=O) groups excluding carboxylic acids is 1. The number of hydrogen-bond donors (Lipinski definition) is 0. The van der Waals surface area contributed by atoms with Gasteiger partial charge in [0.25, 0.3) is 0 Å². The molecule has 0 radical (unpaired) electrons. The summed E-state index contributed by atoms with van der Waals surface area (Å²) in [4.78, 5) is 14.0. The molecule has 2 atom stereocenters. The zero-order valence-electron chi connectivity index (χ0n) is 9.51. The smallest absolute Gasteiger partial charge is 0.236 e. The number of piperidine rings is 1. The Labute approximate surface area is 95.2 Å². The zero-order valence-corrected chi connectivity index (χ0v) is 11.1. The first-order valence-corrected chi connectivity index (χ1v) is 6.20. The summed E-state index contributed by atoms with van der Waals surface area (Å²) in [5, 5.41) is 0. The molecule has 0 bridgehead atoms. The van der Waals surface area contributed by atoms with E-state index in [1.54, 1.807) is 0 Å². The number of rotatable bonds is 1. The van der Waals surface area contributed by atoms with Crippen LogP contribution in [0.3, 0.4) is 0 Å². The van der Waals surface area contributed by atoms with Gasteiger partial charge in [-0.2, -0.15) is 0 Å². The van der Waals surface area contributed by atoms with Crippen molar-refractivity contribution in [2.45, 2.75) is 51.4 Å². The lowest BCUT2D eigenvalue weighted by Gasteiger charge is -2.41. The van der Waals surface area contributed by atoms with Crippen LogP contribution in [0.2, 0.25) is 0 Å². The van der Waals surface area contributed by atoms with Crippen molar-refractivity contribution in [3.05, 3.63) is 0 Å². The Hall–Kier alpha value is -0.0500. The van der Waals surface area contributed by atoms with Crippen molar-refractivity contribution in [3.63, 3.8) is 0 Å². The van der Waals surface area contributed by atoms with Gasteiger partial charge in [0, 0.05) is 12.6 Å². The number of halogens is 1. The lowest BCUT2D eigenvalue weighted by molar-refractivity contribution is -0.136. The van der Waals surface area contributed by atoms with Gasteiger partial charge >= 0.3 is 0 Å². The summed E-state index contributed by atoms with van der Waals surface area (Å²) in [6.45, 7) is 9.61. The highest BCUT2D eigenvalue weighted by atomic mass is 79.9. The third-order valence-corrected chi connectivity index (χ3v) is 3.98. The number of hydrogen-bond acceptors (Lipinski definition) is 1. The van der Waals surface area contributed by atoms with Gasteiger partial charge in [0.2, 0.25) is 5.91 Å². The molecule has 1 aliphatic rings. The summed E-state index contributed by atoms with van der Waals surface area (Å²) in [7, 11) is 0. The Kier molecular flexibility index (Phi) is 3.62. The van der Waals surface area contributed by atoms with E-state index in [1.165, 1.54) is 0 Å². The molecule has 0 N–H and O–H groups in total. The molecule has 1 fully saturated rings. The molecule has 3 heteroatoms. The second-order valence-corrected chi connectivity index (χ2v) is 6.29. The molecule has 1 heterocycles. The Balaban J connectivity index is 2.72. The number of alkyl halides is 1. The van der Waals surface area contributed by atoms with Gasteiger partial charge < -0.3 is 4.90 Å². The minimum Gasteiger partial charge on any atom is -0.339 e. The summed E-state index contributed by atoms with van der Waals surface area (Å²) in [6, 6.07) is 0.315. The first-order valence-electron chi connectivity index (χ1n) is 5.28. The summed E-state index contributed by atoms with van der Waals surface area (Å²) in [5.41, 5.74) is 0.166. The number of amides is 1. The molecule has 0 aromatic rings. The van der Waals surface area contributed by atoms with Crippen LogP contribution in [0.25, 0.3) is 0 Å². The van der Waals surface area contributed by atoms with E-state index in [9.17, 15) is 4.79 Å². The highest BCUT2D eigenvalue weighted by molar-refractivity contribution is 9.10. The van der Waals surface area contributed by atoms with Gasteiger partial charge in [0.05, 0.1) is 4.83 Å². The van der Waals surface area contributed by atoms with Crippen molar-refractivity contribution < 1.29 is 4.79 Å². The summed E-state index contributed by atoms with van der Waals surface area (Å²) in [5.74, 6) is 0.263. The molecule has 2 unspecified atom stereocenters. The SMILES string of the molecule is CC(N1CCCC(Br)C1=O)C(C)(C)C. The predicted molar refractivity (Wildman–Crippen MR) is 62.6 cm³/mol. The Morgan fingerprint density at radius 2 is 2.07 bits per heavy atom. The van der Waals surface area contributed by atoms with Gasteiger partial charge in [-0.1, -0.05) is 36.7 Å². The summed E-state index contributed by atoms with van der Waals surface area (Å²) < 4.78 is 0. The average molecular weight is 262 g/mol. The Morgan fingerprint density at radius 1 is 1.50 bits per heavy atom. The van der Waals surface area contributed by atoms with Crippen molar-refractivity contribution in [1.29, 1.82) is 0 Å². The second-order valence-electron chi connectivity index (χ2n) is 5.18. The van der Waals surface area contributed by atoms with E-state index in [0.29, 0.717) is 6.04 Å². The molecule has 0 aliphatic carbocycles. The number of likely N-dealkylation sites (tertiary alicyclic amines) is 1. The quantitative estimate of drug-likeness (QED) is 0.665. The van der Waals surface area contributed by atoms with Crippen molar-refractivity contribution in [2.24, 2.45) is 5.41 Å². The maximum Gasteiger partial charge on any atom is 0.236 e. The van der Waals surface area contributed by atoms with E-state index in [4.69, 9.17) is 0 Å². The van der Waals surface area contributed by atoms with Crippen LogP contribution >= 0.6 is 15.9 Å². The molecule has 0 spiro atoms. The number of carbonyl (C=O) groups is 1. The van der Waals surface area contributed by atoms with Gasteiger partial charge in [-0.3, -0.25) is 4.79 Å². The monoisotopic (exact) mass is 261 g/mol.